The molecule has 4 nitrogen and oxygen atoms in total. The highest BCUT2D eigenvalue weighted by molar-refractivity contribution is 6.31. The first-order valence-corrected chi connectivity index (χ1v) is 6.93. The molecular formula is C13H19ClN2O2. The summed E-state index contributed by atoms with van der Waals surface area (Å²) in [4.78, 5) is 11.0. The minimum absolute atomic E-state index is 0.202. The number of nitrogens with zero attached hydrogens (tertiary/aromatic N) is 2. The van der Waals surface area contributed by atoms with Crippen molar-refractivity contribution in [2.45, 2.75) is 46.1 Å². The van der Waals surface area contributed by atoms with E-state index in [0.29, 0.717) is 0 Å². The van der Waals surface area contributed by atoms with E-state index in [1.807, 2.05) is 18.5 Å². The van der Waals surface area contributed by atoms with E-state index in [0.717, 1.165) is 48.6 Å². The van der Waals surface area contributed by atoms with Crippen LogP contribution in [-0.2, 0) is 24.2 Å². The van der Waals surface area contributed by atoms with E-state index in [1.165, 1.54) is 0 Å². The average Bonchev–Trinajstić information content (AvgIpc) is 2.60. The van der Waals surface area contributed by atoms with Gasteiger partial charge in [0.2, 0.25) is 0 Å². The fraction of sp³-hybridized carbons (Fsp3) is 0.692. The van der Waals surface area contributed by atoms with E-state index in [1.54, 1.807) is 0 Å². The highest BCUT2D eigenvalue weighted by atomic mass is 35.5. The molecule has 2 unspecified atom stereocenters. The quantitative estimate of drug-likeness (QED) is 0.895. The van der Waals surface area contributed by atoms with E-state index in [4.69, 9.17) is 16.7 Å². The van der Waals surface area contributed by atoms with Crippen molar-refractivity contribution >= 4 is 17.6 Å². The summed E-state index contributed by atoms with van der Waals surface area (Å²) in [6.45, 7) is 4.84. The minimum atomic E-state index is -0.680. The summed E-state index contributed by atoms with van der Waals surface area (Å²) in [5.41, 5.74) is 1.92. The number of carboxylic acids is 1. The predicted octanol–water partition coefficient (Wildman–Crippen LogP) is 2.77. The number of aliphatic carboxylic acids is 1. The van der Waals surface area contributed by atoms with Crippen LogP contribution in [0.25, 0.3) is 0 Å². The van der Waals surface area contributed by atoms with Gasteiger partial charge < -0.3 is 5.11 Å². The molecule has 0 bridgehead atoms. The van der Waals surface area contributed by atoms with Gasteiger partial charge in [-0.1, -0.05) is 18.5 Å². The lowest BCUT2D eigenvalue weighted by molar-refractivity contribution is -0.147. The van der Waals surface area contributed by atoms with E-state index in [2.05, 4.69) is 5.10 Å². The molecule has 1 aromatic rings. The number of carbonyl (C=O) groups is 1. The number of hydrogen-bond acceptors (Lipinski definition) is 2. The van der Waals surface area contributed by atoms with Gasteiger partial charge in [0, 0.05) is 6.54 Å². The van der Waals surface area contributed by atoms with Crippen molar-refractivity contribution in [3.8, 4) is 0 Å². The second kappa shape index (κ2) is 5.31. The molecule has 1 N–H and O–H groups in total. The Morgan fingerprint density at radius 1 is 1.50 bits per heavy atom. The van der Waals surface area contributed by atoms with Crippen LogP contribution in [0.1, 0.15) is 38.1 Å². The second-order valence-corrected chi connectivity index (χ2v) is 5.24. The summed E-state index contributed by atoms with van der Waals surface area (Å²) in [6.07, 6.45) is 3.31. The number of aromatic nitrogens is 2. The van der Waals surface area contributed by atoms with E-state index in [9.17, 15) is 4.79 Å². The van der Waals surface area contributed by atoms with Crippen LogP contribution in [0.4, 0.5) is 0 Å². The zero-order valence-electron chi connectivity index (χ0n) is 10.8. The van der Waals surface area contributed by atoms with Crippen molar-refractivity contribution in [3.05, 3.63) is 16.4 Å². The van der Waals surface area contributed by atoms with Gasteiger partial charge in [-0.15, -0.1) is 0 Å². The van der Waals surface area contributed by atoms with Gasteiger partial charge in [0.05, 0.1) is 22.3 Å². The maximum atomic E-state index is 11.0. The molecule has 0 amide bonds. The van der Waals surface area contributed by atoms with Crippen LogP contribution < -0.4 is 0 Å². The zero-order chi connectivity index (χ0) is 13.3. The Hall–Kier alpha value is -1.03. The van der Waals surface area contributed by atoms with E-state index in [-0.39, 0.29) is 11.8 Å². The van der Waals surface area contributed by atoms with Crippen molar-refractivity contribution in [1.82, 2.24) is 9.78 Å². The van der Waals surface area contributed by atoms with Crippen molar-refractivity contribution < 1.29 is 9.90 Å². The lowest BCUT2D eigenvalue weighted by Crippen LogP contribution is -2.34. The summed E-state index contributed by atoms with van der Waals surface area (Å²) in [5.74, 6) is -0.668. The highest BCUT2D eigenvalue weighted by Gasteiger charge is 2.37. The first kappa shape index (κ1) is 13.4. The minimum Gasteiger partial charge on any atom is -0.481 e. The Kier molecular flexibility index (Phi) is 3.95. The molecule has 0 aromatic carbocycles. The van der Waals surface area contributed by atoms with Gasteiger partial charge in [0.1, 0.15) is 0 Å². The Morgan fingerprint density at radius 2 is 2.22 bits per heavy atom. The number of rotatable bonds is 5. The molecule has 0 spiro atoms. The van der Waals surface area contributed by atoms with Crippen LogP contribution in [0, 0.1) is 11.8 Å². The Balaban J connectivity index is 2.18. The maximum Gasteiger partial charge on any atom is 0.306 e. The van der Waals surface area contributed by atoms with Gasteiger partial charge >= 0.3 is 5.97 Å². The van der Waals surface area contributed by atoms with Gasteiger partial charge in [-0.3, -0.25) is 9.48 Å². The molecule has 0 radical (unpaired) electrons. The molecule has 1 heterocycles. The molecule has 100 valence electrons. The van der Waals surface area contributed by atoms with Gasteiger partial charge in [0.15, 0.2) is 0 Å². The Bertz CT molecular complexity index is 456. The van der Waals surface area contributed by atoms with Gasteiger partial charge in [-0.25, -0.2) is 0 Å². The first-order valence-electron chi connectivity index (χ1n) is 6.55. The largest absolute Gasteiger partial charge is 0.481 e. The van der Waals surface area contributed by atoms with E-state index >= 15 is 0 Å². The van der Waals surface area contributed by atoms with Crippen LogP contribution in [-0.4, -0.2) is 20.9 Å². The lowest BCUT2D eigenvalue weighted by Gasteiger charge is -2.33. The summed E-state index contributed by atoms with van der Waals surface area (Å²) >= 11 is 6.33. The number of carboxylic acid groups (broad SMARTS) is 1. The third kappa shape index (κ3) is 2.26. The first-order chi connectivity index (χ1) is 8.58. The molecule has 5 heteroatoms. The molecule has 2 atom stereocenters. The maximum absolute atomic E-state index is 11.0. The number of aryl methyl sites for hydroxylation is 2. The zero-order valence-corrected chi connectivity index (χ0v) is 11.6. The van der Waals surface area contributed by atoms with Crippen molar-refractivity contribution in [2.24, 2.45) is 11.8 Å². The molecule has 1 saturated carbocycles. The predicted molar refractivity (Wildman–Crippen MR) is 69.8 cm³/mol. The standard InChI is InChI=1S/C13H19ClN2O2/c1-3-10-12(14)11(16(4-2)15-10)7-8-5-6-9(8)13(17)18/h8-9H,3-7H2,1-2H3,(H,17,18). The van der Waals surface area contributed by atoms with Crippen molar-refractivity contribution in [1.29, 1.82) is 0 Å². The highest BCUT2D eigenvalue weighted by Crippen LogP contribution is 2.38. The molecular weight excluding hydrogens is 252 g/mol. The van der Waals surface area contributed by atoms with E-state index < -0.39 is 5.97 Å². The normalized spacial score (nSPS) is 22.8. The van der Waals surface area contributed by atoms with Gasteiger partial charge in [-0.05, 0) is 38.5 Å². The summed E-state index contributed by atoms with van der Waals surface area (Å²) < 4.78 is 1.92. The summed E-state index contributed by atoms with van der Waals surface area (Å²) in [7, 11) is 0. The van der Waals surface area contributed by atoms with Gasteiger partial charge in [0.25, 0.3) is 0 Å². The van der Waals surface area contributed by atoms with Crippen LogP contribution in [0.5, 0.6) is 0 Å². The van der Waals surface area contributed by atoms with Gasteiger partial charge in [-0.2, -0.15) is 5.10 Å². The molecule has 0 aliphatic heterocycles. The third-order valence-corrected chi connectivity index (χ3v) is 4.32. The third-order valence-electron chi connectivity index (χ3n) is 3.88. The fourth-order valence-corrected chi connectivity index (χ4v) is 2.95. The smallest absolute Gasteiger partial charge is 0.306 e. The topological polar surface area (TPSA) is 55.1 Å². The molecule has 1 fully saturated rings. The number of hydrogen-bond donors (Lipinski definition) is 1. The second-order valence-electron chi connectivity index (χ2n) is 4.86. The molecule has 1 aromatic heterocycles. The monoisotopic (exact) mass is 270 g/mol. The molecule has 18 heavy (non-hydrogen) atoms. The van der Waals surface area contributed by atoms with Crippen molar-refractivity contribution in [3.63, 3.8) is 0 Å². The lowest BCUT2D eigenvalue weighted by atomic mass is 9.71. The van der Waals surface area contributed by atoms with Crippen LogP contribution in [0.2, 0.25) is 5.02 Å². The summed E-state index contributed by atoms with van der Waals surface area (Å²) in [5, 5.41) is 14.3. The van der Waals surface area contributed by atoms with Crippen molar-refractivity contribution in [2.75, 3.05) is 0 Å². The SMILES string of the molecule is CCc1nn(CC)c(CC2CCC2C(=O)O)c1Cl. The van der Waals surface area contributed by atoms with Crippen LogP contribution in [0.3, 0.4) is 0 Å². The summed E-state index contributed by atoms with van der Waals surface area (Å²) in [6, 6.07) is 0. The molecule has 0 saturated heterocycles. The molecule has 1 aliphatic rings. The van der Waals surface area contributed by atoms with Crippen LogP contribution >= 0.6 is 11.6 Å². The molecule has 2 rings (SSSR count). The Morgan fingerprint density at radius 3 is 2.67 bits per heavy atom. The Labute approximate surface area is 112 Å². The van der Waals surface area contributed by atoms with Crippen LogP contribution in [0.15, 0.2) is 0 Å². The fourth-order valence-electron chi connectivity index (χ4n) is 2.60. The molecule has 1 aliphatic carbocycles. The number of halogens is 1. The average molecular weight is 271 g/mol.